The highest BCUT2D eigenvalue weighted by Gasteiger charge is 2.35. The third-order valence-corrected chi connectivity index (χ3v) is 6.59. The van der Waals surface area contributed by atoms with E-state index >= 15 is 0 Å². The van der Waals surface area contributed by atoms with Gasteiger partial charge in [0.1, 0.15) is 24.2 Å². The molecule has 210 valence electrons. The number of thioether (sulfide) groups is 1. The Morgan fingerprint density at radius 3 is 2.46 bits per heavy atom. The van der Waals surface area contributed by atoms with E-state index in [-0.39, 0.29) is 32.1 Å². The van der Waals surface area contributed by atoms with Crippen molar-refractivity contribution < 1.29 is 33.4 Å². The lowest BCUT2D eigenvalue weighted by atomic mass is 10.2. The number of esters is 1. The number of carbonyl (C=O) groups excluding carboxylic acids is 4. The van der Waals surface area contributed by atoms with Gasteiger partial charge in [-0.05, 0) is 45.4 Å². The van der Waals surface area contributed by atoms with Crippen molar-refractivity contribution in [1.82, 2.24) is 10.6 Å². The lowest BCUT2D eigenvalue weighted by Gasteiger charge is -2.27. The minimum Gasteiger partial charge on any atom is -0.465 e. The van der Waals surface area contributed by atoms with Crippen LogP contribution in [0.1, 0.15) is 33.3 Å². The molecule has 0 unspecified atom stereocenters. The van der Waals surface area contributed by atoms with Gasteiger partial charge in [-0.25, -0.2) is 4.79 Å². The largest absolute Gasteiger partial charge is 0.465 e. The van der Waals surface area contributed by atoms with Crippen LogP contribution in [0.3, 0.4) is 0 Å². The first-order chi connectivity index (χ1) is 18.6. The molecule has 0 saturated heterocycles. The Bertz CT molecular complexity index is 1150. The van der Waals surface area contributed by atoms with E-state index in [9.17, 15) is 19.2 Å². The number of hydrogen-bond acceptors (Lipinski definition) is 8. The summed E-state index contributed by atoms with van der Waals surface area (Å²) < 4.78 is 16.1. The standard InChI is InChI=1S/C28H35N3O7S/c1-5-37-24(32)15-31-22-13-9-10-14-23(22)39-18-21(26(31)34)29-25(33)20(30-27(35)38-28(2,3)4)17-36-16-19-11-7-6-8-12-19/h6-14,20-21H,5,15-18H2,1-4H3,(H,29,33)(H,30,35)/t20-,21+/m0/s1. The molecule has 39 heavy (non-hydrogen) atoms. The predicted octanol–water partition coefficient (Wildman–Crippen LogP) is 3.28. The van der Waals surface area contributed by atoms with Gasteiger partial charge in [0.2, 0.25) is 5.91 Å². The van der Waals surface area contributed by atoms with Gasteiger partial charge in [-0.15, -0.1) is 11.8 Å². The fourth-order valence-electron chi connectivity index (χ4n) is 3.73. The van der Waals surface area contributed by atoms with Gasteiger partial charge < -0.3 is 24.8 Å². The summed E-state index contributed by atoms with van der Waals surface area (Å²) in [6.07, 6.45) is -0.788. The number of nitrogens with zero attached hydrogens (tertiary/aromatic N) is 1. The van der Waals surface area contributed by atoms with Gasteiger partial charge >= 0.3 is 12.1 Å². The quantitative estimate of drug-likeness (QED) is 0.427. The number of nitrogens with one attached hydrogen (secondary N) is 2. The molecule has 0 bridgehead atoms. The fourth-order valence-corrected chi connectivity index (χ4v) is 4.80. The van der Waals surface area contributed by atoms with Crippen LogP contribution < -0.4 is 15.5 Å². The first-order valence-electron chi connectivity index (χ1n) is 12.7. The lowest BCUT2D eigenvalue weighted by molar-refractivity contribution is -0.142. The zero-order valence-corrected chi connectivity index (χ0v) is 23.4. The van der Waals surface area contributed by atoms with E-state index in [0.29, 0.717) is 5.69 Å². The lowest BCUT2D eigenvalue weighted by Crippen LogP contribution is -2.57. The molecule has 0 saturated carbocycles. The van der Waals surface area contributed by atoms with Gasteiger partial charge in [0, 0.05) is 10.6 Å². The number of benzene rings is 2. The third-order valence-electron chi connectivity index (χ3n) is 5.44. The van der Waals surface area contributed by atoms with Crippen LogP contribution >= 0.6 is 11.8 Å². The molecule has 1 aliphatic rings. The molecule has 10 nitrogen and oxygen atoms in total. The van der Waals surface area contributed by atoms with Crippen molar-refractivity contribution in [2.75, 3.05) is 30.4 Å². The van der Waals surface area contributed by atoms with Crippen LogP contribution in [0.25, 0.3) is 0 Å². The smallest absolute Gasteiger partial charge is 0.408 e. The molecule has 0 aromatic heterocycles. The molecule has 3 amide bonds. The summed E-state index contributed by atoms with van der Waals surface area (Å²) in [5.41, 5.74) is 0.687. The predicted molar refractivity (Wildman–Crippen MR) is 147 cm³/mol. The normalized spacial score (nSPS) is 15.9. The molecular formula is C28H35N3O7S. The highest BCUT2D eigenvalue weighted by molar-refractivity contribution is 7.99. The van der Waals surface area contributed by atoms with Crippen LogP contribution in [0.4, 0.5) is 10.5 Å². The molecule has 1 aliphatic heterocycles. The Hall–Kier alpha value is -3.57. The summed E-state index contributed by atoms with van der Waals surface area (Å²) in [6, 6.07) is 14.5. The van der Waals surface area contributed by atoms with Crippen LogP contribution in [0.2, 0.25) is 0 Å². The van der Waals surface area contributed by atoms with Crippen molar-refractivity contribution in [3.8, 4) is 0 Å². The molecular weight excluding hydrogens is 522 g/mol. The SMILES string of the molecule is CCOC(=O)CN1C(=O)[C@H](NC(=O)[C@H](COCc2ccccc2)NC(=O)OC(C)(C)C)CSc2ccccc21. The Morgan fingerprint density at radius 1 is 1.08 bits per heavy atom. The van der Waals surface area contributed by atoms with E-state index in [1.165, 1.54) is 16.7 Å². The van der Waals surface area contributed by atoms with E-state index in [4.69, 9.17) is 14.2 Å². The number of anilines is 1. The average molecular weight is 558 g/mol. The summed E-state index contributed by atoms with van der Waals surface area (Å²) in [5, 5.41) is 5.30. The molecule has 3 rings (SSSR count). The van der Waals surface area contributed by atoms with Crippen molar-refractivity contribution in [3.05, 3.63) is 60.2 Å². The van der Waals surface area contributed by atoms with Crippen molar-refractivity contribution in [3.63, 3.8) is 0 Å². The van der Waals surface area contributed by atoms with Gasteiger partial charge in [0.05, 0.1) is 25.5 Å². The molecule has 0 spiro atoms. The Kier molecular flexibility index (Phi) is 10.8. The highest BCUT2D eigenvalue weighted by Crippen LogP contribution is 2.34. The van der Waals surface area contributed by atoms with Gasteiger partial charge in [0.25, 0.3) is 5.91 Å². The van der Waals surface area contributed by atoms with Gasteiger partial charge in [0.15, 0.2) is 0 Å². The maximum absolute atomic E-state index is 13.6. The Labute approximate surface area is 232 Å². The average Bonchev–Trinajstić information content (AvgIpc) is 3.00. The Balaban J connectivity index is 1.75. The monoisotopic (exact) mass is 557 g/mol. The zero-order chi connectivity index (χ0) is 28.4. The van der Waals surface area contributed by atoms with Crippen molar-refractivity contribution in [1.29, 1.82) is 0 Å². The topological polar surface area (TPSA) is 123 Å². The zero-order valence-electron chi connectivity index (χ0n) is 22.6. The van der Waals surface area contributed by atoms with Crippen LogP contribution in [0.15, 0.2) is 59.5 Å². The first-order valence-corrected chi connectivity index (χ1v) is 13.7. The molecule has 2 aromatic rings. The summed E-state index contributed by atoms with van der Waals surface area (Å²) in [7, 11) is 0. The molecule has 2 N–H and O–H groups in total. The molecule has 2 aromatic carbocycles. The van der Waals surface area contributed by atoms with E-state index in [1.807, 2.05) is 42.5 Å². The summed E-state index contributed by atoms with van der Waals surface area (Å²) in [5.74, 6) is -1.41. The number of carbonyl (C=O) groups is 4. The number of para-hydroxylation sites is 1. The number of hydrogen-bond donors (Lipinski definition) is 2. The summed E-state index contributed by atoms with van der Waals surface area (Å²) >= 11 is 1.38. The minimum absolute atomic E-state index is 0.152. The fraction of sp³-hybridized carbons (Fsp3) is 0.429. The number of fused-ring (bicyclic) bond motifs is 1. The number of rotatable bonds is 10. The number of amides is 3. The van der Waals surface area contributed by atoms with Crippen LogP contribution in [0, 0.1) is 0 Å². The van der Waals surface area contributed by atoms with Crippen LogP contribution in [-0.4, -0.2) is 67.1 Å². The first kappa shape index (κ1) is 30.0. The minimum atomic E-state index is -1.13. The highest BCUT2D eigenvalue weighted by atomic mass is 32.2. The van der Waals surface area contributed by atoms with Crippen LogP contribution in [0.5, 0.6) is 0 Å². The van der Waals surface area contributed by atoms with Gasteiger partial charge in [-0.1, -0.05) is 42.5 Å². The molecule has 0 fully saturated rings. The van der Waals surface area contributed by atoms with Gasteiger partial charge in [-0.2, -0.15) is 0 Å². The van der Waals surface area contributed by atoms with Crippen molar-refractivity contribution in [2.24, 2.45) is 0 Å². The van der Waals surface area contributed by atoms with Crippen molar-refractivity contribution >= 4 is 41.3 Å². The molecule has 0 radical (unpaired) electrons. The molecule has 11 heteroatoms. The summed E-state index contributed by atoms with van der Waals surface area (Å²) in [6.45, 7) is 6.78. The molecule has 1 heterocycles. The summed E-state index contributed by atoms with van der Waals surface area (Å²) in [4.78, 5) is 53.9. The van der Waals surface area contributed by atoms with E-state index in [2.05, 4.69) is 10.6 Å². The van der Waals surface area contributed by atoms with Crippen LogP contribution in [-0.2, 0) is 35.2 Å². The number of ether oxygens (including phenoxy) is 3. The second-order valence-electron chi connectivity index (χ2n) is 9.77. The molecule has 2 atom stereocenters. The third kappa shape index (κ3) is 9.29. The Morgan fingerprint density at radius 2 is 1.77 bits per heavy atom. The number of alkyl carbamates (subject to hydrolysis) is 1. The maximum atomic E-state index is 13.6. The van der Waals surface area contributed by atoms with Gasteiger partial charge in [-0.3, -0.25) is 19.3 Å². The second-order valence-corrected chi connectivity index (χ2v) is 10.8. The van der Waals surface area contributed by atoms with E-state index in [0.717, 1.165) is 10.5 Å². The second kappa shape index (κ2) is 14.0. The van der Waals surface area contributed by atoms with E-state index < -0.39 is 41.6 Å². The van der Waals surface area contributed by atoms with Crippen molar-refractivity contribution in [2.45, 2.75) is 56.9 Å². The molecule has 0 aliphatic carbocycles. The maximum Gasteiger partial charge on any atom is 0.408 e. The van der Waals surface area contributed by atoms with E-state index in [1.54, 1.807) is 39.8 Å².